The van der Waals surface area contributed by atoms with Crippen LogP contribution in [-0.2, 0) is 0 Å². The van der Waals surface area contributed by atoms with E-state index in [9.17, 15) is 0 Å². The lowest BCUT2D eigenvalue weighted by atomic mass is 10.2. The van der Waals surface area contributed by atoms with Crippen molar-refractivity contribution in [2.24, 2.45) is 11.7 Å². The molecule has 0 bridgehead atoms. The Hall–Kier alpha value is 0.490. The highest BCUT2D eigenvalue weighted by atomic mass is 79.9. The van der Waals surface area contributed by atoms with Gasteiger partial charge in [0.1, 0.15) is 0 Å². The Kier molecular flexibility index (Phi) is 6.27. The first-order valence-electron chi connectivity index (χ1n) is 5.20. The Labute approximate surface area is 109 Å². The SMILES string of the molecule is CC(C)CCSC(CN)c1ccc(Br)s1. The smallest absolute Gasteiger partial charge is 0.0701 e. The van der Waals surface area contributed by atoms with Crippen molar-refractivity contribution in [2.75, 3.05) is 12.3 Å². The maximum atomic E-state index is 5.80. The fourth-order valence-electron chi connectivity index (χ4n) is 1.21. The molecule has 4 heteroatoms. The topological polar surface area (TPSA) is 26.0 Å². The summed E-state index contributed by atoms with van der Waals surface area (Å²) in [6, 6.07) is 4.28. The van der Waals surface area contributed by atoms with E-state index in [1.807, 2.05) is 11.8 Å². The molecule has 15 heavy (non-hydrogen) atoms. The van der Waals surface area contributed by atoms with Gasteiger partial charge >= 0.3 is 0 Å². The summed E-state index contributed by atoms with van der Waals surface area (Å²) in [5.41, 5.74) is 5.80. The summed E-state index contributed by atoms with van der Waals surface area (Å²) in [7, 11) is 0. The molecule has 1 nitrogen and oxygen atoms in total. The Bertz CT molecular complexity index is 286. The molecule has 0 spiro atoms. The van der Waals surface area contributed by atoms with Crippen LogP contribution in [-0.4, -0.2) is 12.3 Å². The molecule has 0 aliphatic heterocycles. The van der Waals surface area contributed by atoms with E-state index in [0.29, 0.717) is 5.25 Å². The molecule has 1 atom stereocenters. The van der Waals surface area contributed by atoms with Crippen LogP contribution in [0.15, 0.2) is 15.9 Å². The lowest BCUT2D eigenvalue weighted by Gasteiger charge is -2.13. The minimum absolute atomic E-state index is 0.472. The number of halogens is 1. The van der Waals surface area contributed by atoms with Crippen LogP contribution >= 0.6 is 39.0 Å². The molecule has 1 aromatic heterocycles. The average molecular weight is 308 g/mol. The van der Waals surface area contributed by atoms with Crippen LogP contribution in [0, 0.1) is 5.92 Å². The van der Waals surface area contributed by atoms with Gasteiger partial charge in [-0.2, -0.15) is 11.8 Å². The third-order valence-corrected chi connectivity index (χ3v) is 5.35. The van der Waals surface area contributed by atoms with Gasteiger partial charge in [-0.25, -0.2) is 0 Å². The second kappa shape index (κ2) is 6.94. The van der Waals surface area contributed by atoms with Crippen molar-refractivity contribution < 1.29 is 0 Å². The number of rotatable bonds is 6. The van der Waals surface area contributed by atoms with Gasteiger partial charge in [0, 0.05) is 11.4 Å². The van der Waals surface area contributed by atoms with Crippen molar-refractivity contribution in [1.82, 2.24) is 0 Å². The first-order chi connectivity index (χ1) is 7.13. The predicted molar refractivity (Wildman–Crippen MR) is 75.7 cm³/mol. The maximum Gasteiger partial charge on any atom is 0.0701 e. The van der Waals surface area contributed by atoms with Crippen molar-refractivity contribution >= 4 is 39.0 Å². The predicted octanol–water partition coefficient (Wildman–Crippen LogP) is 4.29. The molecule has 2 N–H and O–H groups in total. The molecular formula is C11H18BrNS2. The second-order valence-electron chi connectivity index (χ2n) is 3.92. The van der Waals surface area contributed by atoms with Crippen molar-refractivity contribution in [2.45, 2.75) is 25.5 Å². The molecule has 0 saturated carbocycles. The minimum atomic E-state index is 0.472. The number of hydrogen-bond donors (Lipinski definition) is 1. The summed E-state index contributed by atoms with van der Waals surface area (Å²) in [6.07, 6.45) is 1.27. The molecule has 0 aliphatic carbocycles. The van der Waals surface area contributed by atoms with Gasteiger partial charge in [0.25, 0.3) is 0 Å². The third kappa shape index (κ3) is 4.89. The molecule has 1 aromatic rings. The van der Waals surface area contributed by atoms with Crippen LogP contribution in [0.1, 0.15) is 30.4 Å². The number of thioether (sulfide) groups is 1. The molecule has 0 aromatic carbocycles. The zero-order chi connectivity index (χ0) is 11.3. The van der Waals surface area contributed by atoms with Gasteiger partial charge in [-0.05, 0) is 46.2 Å². The van der Waals surface area contributed by atoms with Crippen LogP contribution in [0.2, 0.25) is 0 Å². The normalized spacial score (nSPS) is 13.4. The quantitative estimate of drug-likeness (QED) is 0.848. The molecule has 1 unspecified atom stereocenters. The van der Waals surface area contributed by atoms with Gasteiger partial charge in [0.2, 0.25) is 0 Å². The lowest BCUT2D eigenvalue weighted by Crippen LogP contribution is -2.09. The largest absolute Gasteiger partial charge is 0.329 e. The van der Waals surface area contributed by atoms with Crippen LogP contribution in [0.4, 0.5) is 0 Å². The van der Waals surface area contributed by atoms with E-state index in [-0.39, 0.29) is 0 Å². The Morgan fingerprint density at radius 1 is 1.47 bits per heavy atom. The second-order valence-corrected chi connectivity index (χ2v) is 7.72. The Morgan fingerprint density at radius 3 is 2.67 bits per heavy atom. The van der Waals surface area contributed by atoms with E-state index in [4.69, 9.17) is 5.73 Å². The summed E-state index contributed by atoms with van der Waals surface area (Å²) < 4.78 is 1.19. The summed E-state index contributed by atoms with van der Waals surface area (Å²) >= 11 is 7.27. The molecule has 1 rings (SSSR count). The summed E-state index contributed by atoms with van der Waals surface area (Å²) in [4.78, 5) is 1.39. The van der Waals surface area contributed by atoms with E-state index in [1.165, 1.54) is 20.8 Å². The number of thiophene rings is 1. The zero-order valence-corrected chi connectivity index (χ0v) is 12.4. The van der Waals surface area contributed by atoms with Crippen LogP contribution < -0.4 is 5.73 Å². The Morgan fingerprint density at radius 2 is 2.20 bits per heavy atom. The lowest BCUT2D eigenvalue weighted by molar-refractivity contribution is 0.631. The first-order valence-corrected chi connectivity index (χ1v) is 7.86. The molecule has 0 aliphatic rings. The van der Waals surface area contributed by atoms with Gasteiger partial charge in [0.15, 0.2) is 0 Å². The maximum absolute atomic E-state index is 5.80. The van der Waals surface area contributed by atoms with Crippen molar-refractivity contribution in [3.63, 3.8) is 0 Å². The van der Waals surface area contributed by atoms with Crippen molar-refractivity contribution in [1.29, 1.82) is 0 Å². The van der Waals surface area contributed by atoms with E-state index < -0.39 is 0 Å². The molecule has 0 radical (unpaired) electrons. The molecule has 1 heterocycles. The molecular weight excluding hydrogens is 290 g/mol. The van der Waals surface area contributed by atoms with Gasteiger partial charge in [-0.15, -0.1) is 11.3 Å². The monoisotopic (exact) mass is 307 g/mol. The van der Waals surface area contributed by atoms with Crippen molar-refractivity contribution in [3.05, 3.63) is 20.8 Å². The van der Waals surface area contributed by atoms with Gasteiger partial charge in [-0.1, -0.05) is 13.8 Å². The highest BCUT2D eigenvalue weighted by Crippen LogP contribution is 2.35. The summed E-state index contributed by atoms with van der Waals surface area (Å²) in [6.45, 7) is 5.26. The van der Waals surface area contributed by atoms with Crippen LogP contribution in [0.25, 0.3) is 0 Å². The fourth-order valence-corrected chi connectivity index (χ4v) is 4.25. The van der Waals surface area contributed by atoms with E-state index >= 15 is 0 Å². The zero-order valence-electron chi connectivity index (χ0n) is 9.20. The van der Waals surface area contributed by atoms with Crippen LogP contribution in [0.5, 0.6) is 0 Å². The standard InChI is InChI=1S/C11H18BrNS2/c1-8(2)5-6-14-10(7-13)9-3-4-11(12)15-9/h3-4,8,10H,5-7,13H2,1-2H3. The van der Waals surface area contributed by atoms with Gasteiger partial charge in [-0.3, -0.25) is 0 Å². The summed E-state index contributed by atoms with van der Waals surface area (Å²) in [5, 5.41) is 0.472. The fraction of sp³-hybridized carbons (Fsp3) is 0.636. The van der Waals surface area contributed by atoms with Crippen molar-refractivity contribution in [3.8, 4) is 0 Å². The molecule has 0 saturated heterocycles. The highest BCUT2D eigenvalue weighted by molar-refractivity contribution is 9.11. The summed E-state index contributed by atoms with van der Waals surface area (Å²) in [5.74, 6) is 1.99. The average Bonchev–Trinajstić information content (AvgIpc) is 2.59. The van der Waals surface area contributed by atoms with Crippen LogP contribution in [0.3, 0.4) is 0 Å². The van der Waals surface area contributed by atoms with E-state index in [0.717, 1.165) is 12.5 Å². The van der Waals surface area contributed by atoms with Gasteiger partial charge in [0.05, 0.1) is 9.04 Å². The molecule has 0 fully saturated rings. The Balaban J connectivity index is 2.42. The third-order valence-electron chi connectivity index (χ3n) is 2.14. The molecule has 86 valence electrons. The first kappa shape index (κ1) is 13.6. The van der Waals surface area contributed by atoms with E-state index in [1.54, 1.807) is 11.3 Å². The molecule has 0 amide bonds. The highest BCUT2D eigenvalue weighted by Gasteiger charge is 2.12. The number of nitrogens with two attached hydrogens (primary N) is 1. The van der Waals surface area contributed by atoms with E-state index in [2.05, 4.69) is 41.9 Å². The van der Waals surface area contributed by atoms with Gasteiger partial charge < -0.3 is 5.73 Å². The number of hydrogen-bond acceptors (Lipinski definition) is 3. The minimum Gasteiger partial charge on any atom is -0.329 e.